The van der Waals surface area contributed by atoms with Gasteiger partial charge in [0.15, 0.2) is 5.52 Å². The van der Waals surface area contributed by atoms with Gasteiger partial charge >= 0.3 is 5.13 Å². The minimum absolute atomic E-state index is 0.213. The second-order valence-electron chi connectivity index (χ2n) is 5.58. The van der Waals surface area contributed by atoms with Crippen LogP contribution in [0.1, 0.15) is 19.8 Å². The Morgan fingerprint density at radius 1 is 1.23 bits per heavy atom. The molecular formula is C17H16N3OS+. The molecule has 1 saturated heterocycles. The summed E-state index contributed by atoms with van der Waals surface area (Å²) in [6.07, 6.45) is 5.54. The maximum absolute atomic E-state index is 12.0. The number of hydrogen-bond donors (Lipinski definition) is 0. The number of rotatable bonds is 2. The summed E-state index contributed by atoms with van der Waals surface area (Å²) in [5, 5.41) is 0.938. The molecule has 110 valence electrons. The third-order valence-electron chi connectivity index (χ3n) is 4.08. The highest BCUT2D eigenvalue weighted by molar-refractivity contribution is 7.20. The summed E-state index contributed by atoms with van der Waals surface area (Å²) < 4.78 is 3.18. The minimum atomic E-state index is 0.213. The summed E-state index contributed by atoms with van der Waals surface area (Å²) in [7, 11) is 0. The number of fused-ring (bicyclic) bond motifs is 1. The normalized spacial score (nSPS) is 18.3. The molecule has 1 unspecified atom stereocenters. The Balaban J connectivity index is 1.68. The molecule has 1 atom stereocenters. The van der Waals surface area contributed by atoms with E-state index in [9.17, 15) is 4.79 Å². The van der Waals surface area contributed by atoms with Crippen molar-refractivity contribution in [2.45, 2.75) is 25.8 Å². The molecule has 0 spiro atoms. The molecule has 4 rings (SSSR count). The van der Waals surface area contributed by atoms with Crippen LogP contribution in [0.3, 0.4) is 0 Å². The third-order valence-corrected chi connectivity index (χ3v) is 5.13. The van der Waals surface area contributed by atoms with Gasteiger partial charge in [-0.1, -0.05) is 12.1 Å². The molecule has 1 aromatic carbocycles. The second-order valence-corrected chi connectivity index (χ2v) is 6.59. The fraction of sp³-hybridized carbons (Fsp3) is 0.235. The summed E-state index contributed by atoms with van der Waals surface area (Å²) in [6.45, 7) is 2.10. The number of amides is 1. The lowest BCUT2D eigenvalue weighted by molar-refractivity contribution is -0.595. The summed E-state index contributed by atoms with van der Waals surface area (Å²) in [5.41, 5.74) is 1.98. The number of pyridine rings is 1. The molecule has 1 amide bonds. The molecule has 2 aromatic heterocycles. The van der Waals surface area contributed by atoms with Crippen LogP contribution in [-0.4, -0.2) is 16.9 Å². The van der Waals surface area contributed by atoms with Gasteiger partial charge < -0.3 is 4.90 Å². The number of carbonyl (C=O) groups is 1. The van der Waals surface area contributed by atoms with Crippen molar-refractivity contribution in [2.24, 2.45) is 0 Å². The number of carbonyl (C=O) groups excluding carboxylic acids is 1. The van der Waals surface area contributed by atoms with Crippen LogP contribution in [0.15, 0.2) is 48.8 Å². The van der Waals surface area contributed by atoms with E-state index in [2.05, 4.69) is 18.0 Å². The average molecular weight is 310 g/mol. The van der Waals surface area contributed by atoms with Gasteiger partial charge in [-0.15, -0.1) is 0 Å². The van der Waals surface area contributed by atoms with Crippen molar-refractivity contribution < 1.29 is 9.36 Å². The van der Waals surface area contributed by atoms with Crippen molar-refractivity contribution in [2.75, 3.05) is 4.90 Å². The smallest absolute Gasteiger partial charge is 0.309 e. The Bertz CT molecular complexity index is 807. The highest BCUT2D eigenvalue weighted by Gasteiger charge is 2.29. The van der Waals surface area contributed by atoms with Gasteiger partial charge in [-0.3, -0.25) is 4.79 Å². The van der Waals surface area contributed by atoms with Gasteiger partial charge in [0.05, 0.1) is 22.8 Å². The van der Waals surface area contributed by atoms with Crippen molar-refractivity contribution in [1.29, 1.82) is 0 Å². The monoisotopic (exact) mass is 310 g/mol. The maximum atomic E-state index is 12.0. The summed E-state index contributed by atoms with van der Waals surface area (Å²) >= 11 is 1.66. The number of thiazole rings is 1. The van der Waals surface area contributed by atoms with E-state index < -0.39 is 0 Å². The maximum Gasteiger partial charge on any atom is 0.388 e. The SMILES string of the molecule is CC1CCC(=O)N1c1cc[n+](-c2nc3ccccc3s2)cc1. The largest absolute Gasteiger partial charge is 0.388 e. The lowest BCUT2D eigenvalue weighted by atomic mass is 10.2. The van der Waals surface area contributed by atoms with Crippen LogP contribution in [0.5, 0.6) is 0 Å². The molecule has 0 radical (unpaired) electrons. The Labute approximate surface area is 132 Å². The number of aromatic nitrogens is 2. The minimum Gasteiger partial charge on any atom is -0.309 e. The lowest BCUT2D eigenvalue weighted by Gasteiger charge is -2.21. The van der Waals surface area contributed by atoms with Gasteiger partial charge in [0.2, 0.25) is 5.91 Å². The van der Waals surface area contributed by atoms with Crippen LogP contribution >= 0.6 is 11.3 Å². The quantitative estimate of drug-likeness (QED) is 0.682. The van der Waals surface area contributed by atoms with Gasteiger partial charge in [0.25, 0.3) is 0 Å². The van der Waals surface area contributed by atoms with Gasteiger partial charge in [-0.05, 0) is 41.8 Å². The zero-order valence-corrected chi connectivity index (χ0v) is 13.1. The van der Waals surface area contributed by atoms with E-state index in [-0.39, 0.29) is 11.9 Å². The van der Waals surface area contributed by atoms with E-state index in [1.807, 2.05) is 52.2 Å². The molecule has 22 heavy (non-hydrogen) atoms. The van der Waals surface area contributed by atoms with E-state index in [1.54, 1.807) is 11.3 Å². The molecule has 1 aliphatic rings. The zero-order chi connectivity index (χ0) is 15.1. The number of anilines is 1. The first-order chi connectivity index (χ1) is 10.7. The van der Waals surface area contributed by atoms with Gasteiger partial charge in [-0.2, -0.15) is 4.57 Å². The number of nitrogens with zero attached hydrogens (tertiary/aromatic N) is 3. The highest BCUT2D eigenvalue weighted by atomic mass is 32.1. The van der Waals surface area contributed by atoms with Gasteiger partial charge in [0, 0.05) is 24.6 Å². The molecule has 3 aromatic rings. The Morgan fingerprint density at radius 3 is 2.68 bits per heavy atom. The van der Waals surface area contributed by atoms with Gasteiger partial charge in [0.1, 0.15) is 0 Å². The van der Waals surface area contributed by atoms with Crippen molar-refractivity contribution in [3.8, 4) is 5.13 Å². The Hall–Kier alpha value is -2.27. The van der Waals surface area contributed by atoms with E-state index in [0.717, 1.165) is 22.8 Å². The van der Waals surface area contributed by atoms with Crippen molar-refractivity contribution in [3.63, 3.8) is 0 Å². The van der Waals surface area contributed by atoms with Crippen LogP contribution < -0.4 is 9.47 Å². The fourth-order valence-corrected chi connectivity index (χ4v) is 3.84. The number of benzene rings is 1. The Morgan fingerprint density at radius 2 is 2.00 bits per heavy atom. The van der Waals surface area contributed by atoms with Crippen LogP contribution in [-0.2, 0) is 4.79 Å². The first-order valence-electron chi connectivity index (χ1n) is 7.42. The van der Waals surface area contributed by atoms with Crippen molar-refractivity contribution >= 4 is 33.1 Å². The fourth-order valence-electron chi connectivity index (χ4n) is 2.90. The van der Waals surface area contributed by atoms with Crippen LogP contribution in [0.2, 0.25) is 0 Å². The first-order valence-corrected chi connectivity index (χ1v) is 8.23. The summed E-state index contributed by atoms with van der Waals surface area (Å²) in [4.78, 5) is 18.5. The van der Waals surface area contributed by atoms with E-state index in [0.29, 0.717) is 6.42 Å². The lowest BCUT2D eigenvalue weighted by Crippen LogP contribution is -2.33. The molecule has 0 saturated carbocycles. The second kappa shape index (κ2) is 5.18. The highest BCUT2D eigenvalue weighted by Crippen LogP contribution is 2.26. The third kappa shape index (κ3) is 2.18. The van der Waals surface area contributed by atoms with E-state index >= 15 is 0 Å². The van der Waals surface area contributed by atoms with Crippen LogP contribution in [0.25, 0.3) is 15.3 Å². The van der Waals surface area contributed by atoms with Gasteiger partial charge in [-0.25, -0.2) is 0 Å². The van der Waals surface area contributed by atoms with E-state index in [1.165, 1.54) is 4.70 Å². The molecule has 1 fully saturated rings. The molecule has 5 heteroatoms. The molecular weight excluding hydrogens is 294 g/mol. The predicted octanol–water partition coefficient (Wildman–Crippen LogP) is 3.09. The number of hydrogen-bond acceptors (Lipinski definition) is 3. The topological polar surface area (TPSA) is 37.1 Å². The van der Waals surface area contributed by atoms with E-state index in [4.69, 9.17) is 0 Å². The zero-order valence-electron chi connectivity index (χ0n) is 12.3. The molecule has 0 bridgehead atoms. The molecule has 0 N–H and O–H groups in total. The number of para-hydroxylation sites is 1. The molecule has 0 aliphatic carbocycles. The summed E-state index contributed by atoms with van der Waals surface area (Å²) in [5.74, 6) is 0.213. The van der Waals surface area contributed by atoms with Crippen LogP contribution in [0, 0.1) is 0 Å². The Kier molecular flexibility index (Phi) is 3.15. The first kappa shape index (κ1) is 13.4. The summed E-state index contributed by atoms with van der Waals surface area (Å²) in [6, 6.07) is 12.4. The van der Waals surface area contributed by atoms with Crippen LogP contribution in [0.4, 0.5) is 5.69 Å². The van der Waals surface area contributed by atoms with Crippen molar-refractivity contribution in [1.82, 2.24) is 4.98 Å². The molecule has 4 nitrogen and oxygen atoms in total. The van der Waals surface area contributed by atoms with Crippen molar-refractivity contribution in [3.05, 3.63) is 48.8 Å². The predicted molar refractivity (Wildman–Crippen MR) is 87.3 cm³/mol. The average Bonchev–Trinajstić information content (AvgIpc) is 3.11. The molecule has 1 aliphatic heterocycles. The standard InChI is InChI=1S/C17H16N3OS/c1-12-6-7-16(21)20(12)13-8-10-19(11-9-13)17-18-14-4-2-3-5-15(14)22-17/h2-5,8-12H,6-7H2,1H3/q+1. The molecule has 3 heterocycles.